The predicted octanol–water partition coefficient (Wildman–Crippen LogP) is 6.77. The Labute approximate surface area is 168 Å². The second-order valence-electron chi connectivity index (χ2n) is 7.12. The lowest BCUT2D eigenvalue weighted by Crippen LogP contribution is -2.37. The summed E-state index contributed by atoms with van der Waals surface area (Å²) in [5.74, 6) is 0. The van der Waals surface area contributed by atoms with Crippen molar-refractivity contribution in [2.24, 2.45) is 0 Å². The van der Waals surface area contributed by atoms with E-state index in [0.29, 0.717) is 0 Å². The van der Waals surface area contributed by atoms with Gasteiger partial charge in [0.15, 0.2) is 8.32 Å². The van der Waals surface area contributed by atoms with Crippen molar-refractivity contribution >= 4 is 19.1 Å². The molecule has 0 saturated heterocycles. The van der Waals surface area contributed by atoms with E-state index in [9.17, 15) is 4.21 Å². The molecular weight excluding hydrogens is 368 g/mol. The summed E-state index contributed by atoms with van der Waals surface area (Å²) in [5, 5.41) is 1.86. The highest BCUT2D eigenvalue weighted by Gasteiger charge is 2.33. The van der Waals surface area contributed by atoms with Crippen LogP contribution in [0.25, 0.3) is 0 Å². The van der Waals surface area contributed by atoms with Crippen molar-refractivity contribution in [3.63, 3.8) is 0 Å². The monoisotopic (exact) mass is 400 g/mol. The Balaban J connectivity index is 2.37. The van der Waals surface area contributed by atoms with Gasteiger partial charge in [0, 0.05) is 10.3 Å². The molecule has 0 saturated carbocycles. The molecule has 0 heterocycles. The first kappa shape index (κ1) is 21.8. The average Bonchev–Trinajstić information content (AvgIpc) is 2.70. The Hall–Kier alpha value is -1.49. The minimum Gasteiger partial charge on any atom is -0.406 e. The molecule has 0 radical (unpaired) electrons. The molecule has 2 rings (SSSR count). The third-order valence-corrected chi connectivity index (χ3v) is 11.3. The van der Waals surface area contributed by atoms with Gasteiger partial charge in [0.25, 0.3) is 0 Å². The van der Waals surface area contributed by atoms with Gasteiger partial charge in [0.2, 0.25) is 0 Å². The van der Waals surface area contributed by atoms with Crippen molar-refractivity contribution in [3.05, 3.63) is 76.7 Å². The third kappa shape index (κ3) is 5.74. The Bertz CT molecular complexity index is 756. The van der Waals surface area contributed by atoms with Crippen LogP contribution in [-0.4, -0.2) is 12.5 Å². The van der Waals surface area contributed by atoms with E-state index in [0.717, 1.165) is 34.2 Å². The van der Waals surface area contributed by atoms with Crippen molar-refractivity contribution in [2.75, 3.05) is 0 Å². The van der Waals surface area contributed by atoms with E-state index in [1.165, 1.54) is 5.56 Å². The molecule has 0 fully saturated rings. The highest BCUT2D eigenvalue weighted by molar-refractivity contribution is 7.88. The van der Waals surface area contributed by atoms with Gasteiger partial charge < -0.3 is 4.43 Å². The van der Waals surface area contributed by atoms with Crippen molar-refractivity contribution in [2.45, 2.75) is 63.8 Å². The van der Waals surface area contributed by atoms with Crippen LogP contribution in [0.15, 0.2) is 70.5 Å². The first-order valence-electron chi connectivity index (χ1n) is 9.83. The smallest absolute Gasteiger partial charge is 0.193 e. The number of aryl methyl sites for hydroxylation is 1. The minimum atomic E-state index is -1.80. The second kappa shape index (κ2) is 10.2. The average molecular weight is 401 g/mol. The molecule has 0 aliphatic heterocycles. The van der Waals surface area contributed by atoms with Crippen LogP contribution in [0, 0.1) is 6.92 Å². The molecule has 0 spiro atoms. The maximum atomic E-state index is 12.9. The van der Waals surface area contributed by atoms with Crippen LogP contribution >= 0.6 is 0 Å². The highest BCUT2D eigenvalue weighted by atomic mass is 32.2. The summed E-state index contributed by atoms with van der Waals surface area (Å²) in [6.45, 7) is 10.8. The van der Waals surface area contributed by atoms with Gasteiger partial charge in [-0.15, -0.1) is 0 Å². The fourth-order valence-corrected chi connectivity index (χ4v) is 7.10. The van der Waals surface area contributed by atoms with Gasteiger partial charge in [-0.3, -0.25) is 0 Å². The molecule has 0 aliphatic carbocycles. The Morgan fingerprint density at radius 3 is 2.07 bits per heavy atom. The summed E-state index contributed by atoms with van der Waals surface area (Å²) in [7, 11) is -2.98. The molecule has 1 unspecified atom stereocenters. The van der Waals surface area contributed by atoms with Crippen LogP contribution in [0.3, 0.4) is 0 Å². The van der Waals surface area contributed by atoms with Crippen LogP contribution < -0.4 is 0 Å². The Kier molecular flexibility index (Phi) is 8.21. The van der Waals surface area contributed by atoms with Gasteiger partial charge in [-0.25, -0.2) is 4.21 Å². The van der Waals surface area contributed by atoms with E-state index in [1.807, 2.05) is 61.7 Å². The van der Waals surface area contributed by atoms with E-state index in [2.05, 4.69) is 32.9 Å². The van der Waals surface area contributed by atoms with Gasteiger partial charge in [-0.05, 0) is 55.2 Å². The zero-order valence-electron chi connectivity index (χ0n) is 17.2. The van der Waals surface area contributed by atoms with Gasteiger partial charge >= 0.3 is 0 Å². The largest absolute Gasteiger partial charge is 0.406 e. The molecule has 2 aromatic carbocycles. The zero-order valence-corrected chi connectivity index (χ0v) is 19.0. The fourth-order valence-electron chi connectivity index (χ4n) is 3.27. The van der Waals surface area contributed by atoms with Crippen LogP contribution in [0.4, 0.5) is 0 Å². The summed E-state index contributed by atoms with van der Waals surface area (Å²) in [5.41, 5.74) is 3.33. The van der Waals surface area contributed by atoms with E-state index < -0.39 is 19.1 Å². The number of hydrogen-bond donors (Lipinski definition) is 0. The van der Waals surface area contributed by atoms with Crippen LogP contribution in [0.1, 0.15) is 44.9 Å². The SMILES string of the molecule is CC[Si](CC)(CC)OC(/C(C)=C\[S@@](=O)c1ccc(C)cc1)c1ccccc1. The summed E-state index contributed by atoms with van der Waals surface area (Å²) in [6.07, 6.45) is -0.132. The third-order valence-electron chi connectivity index (χ3n) is 5.36. The molecule has 2 nitrogen and oxygen atoms in total. The maximum Gasteiger partial charge on any atom is 0.193 e. The van der Waals surface area contributed by atoms with Gasteiger partial charge in [-0.1, -0.05) is 68.8 Å². The molecule has 4 heteroatoms. The molecule has 0 aromatic heterocycles. The lowest BCUT2D eigenvalue weighted by atomic mass is 10.0. The van der Waals surface area contributed by atoms with Crippen molar-refractivity contribution in [3.8, 4) is 0 Å². The quantitative estimate of drug-likeness (QED) is 0.434. The van der Waals surface area contributed by atoms with Gasteiger partial charge in [0.05, 0.1) is 16.9 Å². The van der Waals surface area contributed by atoms with E-state index >= 15 is 0 Å². The molecule has 146 valence electrons. The lowest BCUT2D eigenvalue weighted by Gasteiger charge is -2.34. The van der Waals surface area contributed by atoms with Crippen molar-refractivity contribution in [1.82, 2.24) is 0 Å². The van der Waals surface area contributed by atoms with E-state index in [4.69, 9.17) is 4.43 Å². The molecule has 0 N–H and O–H groups in total. The highest BCUT2D eigenvalue weighted by Crippen LogP contribution is 2.34. The van der Waals surface area contributed by atoms with Crippen LogP contribution in [0.2, 0.25) is 18.1 Å². The van der Waals surface area contributed by atoms with Crippen molar-refractivity contribution in [1.29, 1.82) is 0 Å². The van der Waals surface area contributed by atoms with Crippen LogP contribution in [0.5, 0.6) is 0 Å². The fraction of sp³-hybridized carbons (Fsp3) is 0.391. The number of rotatable bonds is 9. The topological polar surface area (TPSA) is 26.3 Å². The Morgan fingerprint density at radius 1 is 1.00 bits per heavy atom. The van der Waals surface area contributed by atoms with Crippen LogP contribution in [-0.2, 0) is 15.2 Å². The zero-order chi connectivity index (χ0) is 19.9. The standard InChI is InChI=1S/C23H32O2SSi/c1-6-27(7-2,8-3)25-23(21-12-10-9-11-13-21)20(5)18-26(24)22-16-14-19(4)15-17-22/h9-18,23H,6-8H2,1-5H3/b20-18-/t23?,26-/m1/s1. The first-order valence-corrected chi connectivity index (χ1v) is 13.6. The molecule has 0 bridgehead atoms. The molecule has 0 amide bonds. The Morgan fingerprint density at radius 2 is 1.56 bits per heavy atom. The number of hydrogen-bond acceptors (Lipinski definition) is 2. The summed E-state index contributed by atoms with van der Waals surface area (Å²) < 4.78 is 19.7. The lowest BCUT2D eigenvalue weighted by molar-refractivity contribution is 0.226. The van der Waals surface area contributed by atoms with Gasteiger partial charge in [0.1, 0.15) is 0 Å². The molecule has 0 aliphatic rings. The number of benzene rings is 2. The molecule has 2 atom stereocenters. The summed E-state index contributed by atoms with van der Waals surface area (Å²) in [4.78, 5) is 0.830. The predicted molar refractivity (Wildman–Crippen MR) is 119 cm³/mol. The van der Waals surface area contributed by atoms with Gasteiger partial charge in [-0.2, -0.15) is 0 Å². The van der Waals surface area contributed by atoms with E-state index in [-0.39, 0.29) is 6.10 Å². The van der Waals surface area contributed by atoms with E-state index in [1.54, 1.807) is 0 Å². The van der Waals surface area contributed by atoms with Crippen molar-refractivity contribution < 1.29 is 8.63 Å². The normalized spacial score (nSPS) is 14.8. The second-order valence-corrected chi connectivity index (χ2v) is 13.1. The minimum absolute atomic E-state index is 0.132. The molecule has 27 heavy (non-hydrogen) atoms. The molecular formula is C23H32O2SSi. The summed E-state index contributed by atoms with van der Waals surface area (Å²) in [6, 6.07) is 21.5. The maximum absolute atomic E-state index is 12.9. The first-order chi connectivity index (χ1) is 12.9. The molecule has 2 aromatic rings. The summed E-state index contributed by atoms with van der Waals surface area (Å²) >= 11 is 0.